The third-order valence-electron chi connectivity index (χ3n) is 8.27. The monoisotopic (exact) mass is 525 g/mol. The summed E-state index contributed by atoms with van der Waals surface area (Å²) in [6.07, 6.45) is 3.40. The van der Waals surface area contributed by atoms with Gasteiger partial charge in [-0.15, -0.1) is 0 Å². The molecule has 1 saturated carbocycles. The maximum absolute atomic E-state index is 14.0. The number of methoxy groups -OCH3 is 1. The largest absolute Gasteiger partial charge is 0.481 e. The molecule has 3 aromatic rings. The van der Waals surface area contributed by atoms with Gasteiger partial charge in [-0.1, -0.05) is 12.1 Å². The summed E-state index contributed by atoms with van der Waals surface area (Å²) in [5.41, 5.74) is 4.57. The molecule has 38 heavy (non-hydrogen) atoms. The smallest absolute Gasteiger partial charge is 0.410 e. The van der Waals surface area contributed by atoms with Gasteiger partial charge < -0.3 is 19.3 Å². The fourth-order valence-corrected chi connectivity index (χ4v) is 6.21. The van der Waals surface area contributed by atoms with Gasteiger partial charge in [0.1, 0.15) is 5.82 Å². The topological polar surface area (TPSA) is 84.7 Å². The Morgan fingerprint density at radius 3 is 2.53 bits per heavy atom. The number of rotatable bonds is 5. The molecule has 0 saturated heterocycles. The molecule has 9 heteroatoms. The first-order chi connectivity index (χ1) is 18.2. The van der Waals surface area contributed by atoms with Gasteiger partial charge in [0, 0.05) is 23.6 Å². The number of halogens is 2. The SMILES string of the molecule is COC(=O)N1Cc2c(ccc3c2nc(C2CCC(C(=O)O)CC2)n3[C@H](C)Cc2ccc(F)c(F)c2)C[C@@H]1C. The summed E-state index contributed by atoms with van der Waals surface area (Å²) < 4.78 is 34.7. The summed E-state index contributed by atoms with van der Waals surface area (Å²) in [6, 6.07) is 8.02. The van der Waals surface area contributed by atoms with E-state index in [9.17, 15) is 23.5 Å². The summed E-state index contributed by atoms with van der Waals surface area (Å²) in [6.45, 7) is 4.43. The maximum Gasteiger partial charge on any atom is 0.410 e. The van der Waals surface area contributed by atoms with E-state index in [0.29, 0.717) is 50.6 Å². The van der Waals surface area contributed by atoms with Crippen LogP contribution in [0.25, 0.3) is 11.0 Å². The number of carbonyl (C=O) groups excluding carboxylic acids is 1. The Bertz CT molecular complexity index is 1380. The van der Waals surface area contributed by atoms with Crippen molar-refractivity contribution in [3.05, 3.63) is 64.5 Å². The summed E-state index contributed by atoms with van der Waals surface area (Å²) in [5, 5.41) is 9.48. The second-order valence-corrected chi connectivity index (χ2v) is 10.8. The highest BCUT2D eigenvalue weighted by molar-refractivity contribution is 5.83. The van der Waals surface area contributed by atoms with Gasteiger partial charge in [0.2, 0.25) is 0 Å². The molecule has 1 aromatic heterocycles. The van der Waals surface area contributed by atoms with Crippen LogP contribution in [0.5, 0.6) is 0 Å². The molecule has 1 aliphatic heterocycles. The van der Waals surface area contributed by atoms with E-state index in [1.165, 1.54) is 13.2 Å². The second-order valence-electron chi connectivity index (χ2n) is 10.8. The Morgan fingerprint density at radius 1 is 1.13 bits per heavy atom. The molecule has 202 valence electrons. The number of benzene rings is 2. The molecule has 1 N–H and O–H groups in total. The minimum Gasteiger partial charge on any atom is -0.481 e. The molecular weight excluding hydrogens is 492 g/mol. The Labute approximate surface area is 220 Å². The summed E-state index contributed by atoms with van der Waals surface area (Å²) in [4.78, 5) is 30.9. The van der Waals surface area contributed by atoms with E-state index in [1.807, 2.05) is 13.8 Å². The Hall–Kier alpha value is -3.49. The predicted molar refractivity (Wildman–Crippen MR) is 138 cm³/mol. The van der Waals surface area contributed by atoms with E-state index in [1.54, 1.807) is 11.0 Å². The van der Waals surface area contributed by atoms with Crippen LogP contribution >= 0.6 is 0 Å². The molecule has 0 unspecified atom stereocenters. The number of carboxylic acids is 1. The lowest BCUT2D eigenvalue weighted by Gasteiger charge is -2.33. The van der Waals surface area contributed by atoms with Gasteiger partial charge in [-0.3, -0.25) is 4.79 Å². The van der Waals surface area contributed by atoms with Gasteiger partial charge in [0.05, 0.1) is 30.6 Å². The minimum absolute atomic E-state index is 0.00690. The van der Waals surface area contributed by atoms with Crippen molar-refractivity contribution >= 4 is 23.1 Å². The Balaban J connectivity index is 1.58. The molecular formula is C29H33F2N3O4. The van der Waals surface area contributed by atoms with Crippen LogP contribution in [0.3, 0.4) is 0 Å². The zero-order chi connectivity index (χ0) is 27.1. The van der Waals surface area contributed by atoms with Gasteiger partial charge in [0.25, 0.3) is 0 Å². The second kappa shape index (κ2) is 10.3. The lowest BCUT2D eigenvalue weighted by molar-refractivity contribution is -0.142. The third kappa shape index (κ3) is 4.74. The highest BCUT2D eigenvalue weighted by Gasteiger charge is 2.34. The number of hydrogen-bond donors (Lipinski definition) is 1. The van der Waals surface area contributed by atoms with Crippen molar-refractivity contribution in [3.8, 4) is 0 Å². The predicted octanol–water partition coefficient (Wildman–Crippen LogP) is 5.99. The van der Waals surface area contributed by atoms with Crippen LogP contribution in [-0.4, -0.2) is 44.8 Å². The zero-order valence-corrected chi connectivity index (χ0v) is 21.9. The number of aromatic nitrogens is 2. The van der Waals surface area contributed by atoms with E-state index in [2.05, 4.69) is 16.7 Å². The molecule has 1 aliphatic carbocycles. The molecule has 2 aliphatic rings. The van der Waals surface area contributed by atoms with Gasteiger partial charge >= 0.3 is 12.1 Å². The van der Waals surface area contributed by atoms with E-state index < -0.39 is 17.6 Å². The van der Waals surface area contributed by atoms with Crippen molar-refractivity contribution in [2.45, 2.75) is 76.9 Å². The van der Waals surface area contributed by atoms with Crippen molar-refractivity contribution in [1.29, 1.82) is 0 Å². The molecule has 0 spiro atoms. The maximum atomic E-state index is 14.0. The first-order valence-corrected chi connectivity index (χ1v) is 13.2. The zero-order valence-electron chi connectivity index (χ0n) is 21.9. The summed E-state index contributed by atoms with van der Waals surface area (Å²) in [7, 11) is 1.38. The van der Waals surface area contributed by atoms with Crippen LogP contribution in [0.2, 0.25) is 0 Å². The number of nitrogens with zero attached hydrogens (tertiary/aromatic N) is 3. The van der Waals surface area contributed by atoms with Gasteiger partial charge in [-0.25, -0.2) is 18.6 Å². The number of carbonyl (C=O) groups is 2. The van der Waals surface area contributed by atoms with Crippen LogP contribution in [0, 0.1) is 17.6 Å². The van der Waals surface area contributed by atoms with E-state index in [-0.39, 0.29) is 30.0 Å². The molecule has 1 amide bonds. The fraction of sp³-hybridized carbons (Fsp3) is 0.483. The standard InChI is InChI=1S/C29H33F2N3O4/c1-16-13-21-9-11-25-26(22(21)15-33(16)29(37)38-3)32-27(19-5-7-20(8-6-19)28(35)36)34(25)17(2)12-18-4-10-23(30)24(31)14-18/h4,9-11,14,16-17,19-20H,5-8,12-13,15H2,1-3H3,(H,35,36)/t16-,17+,19?,20?/m0/s1. The lowest BCUT2D eigenvalue weighted by atomic mass is 9.81. The Kier molecular flexibility index (Phi) is 7.11. The average molecular weight is 526 g/mol. The Morgan fingerprint density at radius 2 is 1.87 bits per heavy atom. The number of aliphatic carboxylic acids is 1. The number of ether oxygens (including phenoxy) is 1. The average Bonchev–Trinajstić information content (AvgIpc) is 3.30. The molecule has 1 fully saturated rings. The minimum atomic E-state index is -0.874. The third-order valence-corrected chi connectivity index (χ3v) is 8.27. The van der Waals surface area contributed by atoms with Gasteiger partial charge in [-0.05, 0) is 81.7 Å². The molecule has 5 rings (SSSR count). The molecule has 2 aromatic carbocycles. The number of amides is 1. The quantitative estimate of drug-likeness (QED) is 0.442. The first-order valence-electron chi connectivity index (χ1n) is 13.2. The number of imidazole rings is 1. The van der Waals surface area contributed by atoms with Crippen LogP contribution in [0.15, 0.2) is 30.3 Å². The van der Waals surface area contributed by atoms with Crippen LogP contribution in [-0.2, 0) is 28.9 Å². The number of hydrogen-bond acceptors (Lipinski definition) is 4. The molecule has 0 radical (unpaired) electrons. The van der Waals surface area contributed by atoms with Crippen molar-refractivity contribution in [1.82, 2.24) is 14.5 Å². The summed E-state index contributed by atoms with van der Waals surface area (Å²) >= 11 is 0. The van der Waals surface area contributed by atoms with Crippen molar-refractivity contribution in [2.75, 3.05) is 7.11 Å². The normalized spacial score (nSPS) is 22.2. The number of carboxylic acid groups (broad SMARTS) is 1. The van der Waals surface area contributed by atoms with Crippen molar-refractivity contribution in [2.24, 2.45) is 5.92 Å². The highest BCUT2D eigenvalue weighted by atomic mass is 19.2. The van der Waals surface area contributed by atoms with Crippen molar-refractivity contribution in [3.63, 3.8) is 0 Å². The van der Waals surface area contributed by atoms with Gasteiger partial charge in [-0.2, -0.15) is 0 Å². The summed E-state index contributed by atoms with van der Waals surface area (Å²) in [5.74, 6) is -1.87. The number of fused-ring (bicyclic) bond motifs is 3. The van der Waals surface area contributed by atoms with E-state index in [0.717, 1.165) is 34.1 Å². The fourth-order valence-electron chi connectivity index (χ4n) is 6.21. The molecule has 7 nitrogen and oxygen atoms in total. The molecule has 2 atom stereocenters. The van der Waals surface area contributed by atoms with Crippen molar-refractivity contribution < 1.29 is 28.2 Å². The van der Waals surface area contributed by atoms with E-state index >= 15 is 0 Å². The lowest BCUT2D eigenvalue weighted by Crippen LogP contribution is -2.42. The van der Waals surface area contributed by atoms with Crippen LogP contribution in [0.1, 0.15) is 74.0 Å². The first kappa shape index (κ1) is 26.1. The van der Waals surface area contributed by atoms with E-state index in [4.69, 9.17) is 9.72 Å². The van der Waals surface area contributed by atoms with Crippen LogP contribution in [0.4, 0.5) is 13.6 Å². The highest BCUT2D eigenvalue weighted by Crippen LogP contribution is 2.40. The van der Waals surface area contributed by atoms with Gasteiger partial charge in [0.15, 0.2) is 11.6 Å². The van der Waals surface area contributed by atoms with Crippen LogP contribution < -0.4 is 0 Å². The molecule has 0 bridgehead atoms. The molecule has 2 heterocycles.